The highest BCUT2D eigenvalue weighted by Crippen LogP contribution is 2.24. The van der Waals surface area contributed by atoms with Crippen LogP contribution in [0.3, 0.4) is 0 Å². The van der Waals surface area contributed by atoms with Crippen molar-refractivity contribution in [3.8, 4) is 0 Å². The minimum Gasteiger partial charge on any atom is -0.363 e. The molecule has 0 bridgehead atoms. The number of benzene rings is 1. The molecule has 0 atom stereocenters. The fourth-order valence-electron chi connectivity index (χ4n) is 3.80. The van der Waals surface area contributed by atoms with E-state index in [0.29, 0.717) is 12.6 Å². The third-order valence-corrected chi connectivity index (χ3v) is 6.26. The van der Waals surface area contributed by atoms with E-state index >= 15 is 0 Å². The average Bonchev–Trinajstić information content (AvgIpc) is 3.48. The Balaban J connectivity index is 0.00000272. The number of nitrogens with zero attached hydrogens (tertiary/aromatic N) is 4. The summed E-state index contributed by atoms with van der Waals surface area (Å²) in [5.41, 5.74) is 2.48. The average molecular weight is 551 g/mol. The smallest absolute Gasteiger partial charge is 0.191 e. The SMILES string of the molecule is CCNC(=NCc1cccc(Cn2ccnc2)c1)NC1CCN(c2cccs2)CC1.I. The van der Waals surface area contributed by atoms with Crippen LogP contribution in [0.4, 0.5) is 5.00 Å². The molecule has 0 spiro atoms. The third-order valence-electron chi connectivity index (χ3n) is 5.33. The Morgan fingerprint density at radius 1 is 1.19 bits per heavy atom. The molecule has 1 aromatic carbocycles. The van der Waals surface area contributed by atoms with Crippen molar-refractivity contribution in [3.05, 3.63) is 71.6 Å². The molecule has 8 heteroatoms. The molecule has 2 N–H and O–H groups in total. The van der Waals surface area contributed by atoms with Crippen molar-refractivity contribution in [1.29, 1.82) is 0 Å². The quantitative estimate of drug-likeness (QED) is 0.261. The Bertz CT molecular complexity index is 917. The summed E-state index contributed by atoms with van der Waals surface area (Å²) in [6.45, 7) is 6.66. The Morgan fingerprint density at radius 2 is 2.03 bits per heavy atom. The fourth-order valence-corrected chi connectivity index (χ4v) is 4.58. The summed E-state index contributed by atoms with van der Waals surface area (Å²) in [4.78, 5) is 11.5. The van der Waals surface area contributed by atoms with E-state index in [9.17, 15) is 0 Å². The first kappa shape index (κ1) is 23.6. The van der Waals surface area contributed by atoms with Gasteiger partial charge in [0.2, 0.25) is 0 Å². The van der Waals surface area contributed by atoms with Crippen molar-refractivity contribution >= 4 is 46.3 Å². The maximum Gasteiger partial charge on any atom is 0.191 e. The van der Waals surface area contributed by atoms with Gasteiger partial charge in [-0.15, -0.1) is 35.3 Å². The highest BCUT2D eigenvalue weighted by Gasteiger charge is 2.20. The highest BCUT2D eigenvalue weighted by molar-refractivity contribution is 14.0. The van der Waals surface area contributed by atoms with E-state index in [2.05, 4.69) is 73.8 Å². The lowest BCUT2D eigenvalue weighted by atomic mass is 10.1. The Morgan fingerprint density at radius 3 is 2.74 bits per heavy atom. The molecule has 0 saturated carbocycles. The van der Waals surface area contributed by atoms with Crippen LogP contribution in [0.5, 0.6) is 0 Å². The second-order valence-corrected chi connectivity index (χ2v) is 8.53. The van der Waals surface area contributed by atoms with Crippen molar-refractivity contribution in [3.63, 3.8) is 0 Å². The second-order valence-electron chi connectivity index (χ2n) is 7.61. The van der Waals surface area contributed by atoms with Gasteiger partial charge in [-0.1, -0.05) is 24.3 Å². The molecule has 4 rings (SSSR count). The van der Waals surface area contributed by atoms with Crippen molar-refractivity contribution in [1.82, 2.24) is 20.2 Å². The van der Waals surface area contributed by atoms with Gasteiger partial charge in [0.25, 0.3) is 0 Å². The molecule has 0 radical (unpaired) electrons. The molecule has 1 fully saturated rings. The molecule has 1 saturated heterocycles. The number of hydrogen-bond donors (Lipinski definition) is 2. The standard InChI is InChI=1S/C23H30N6S.HI/c1-2-25-23(27-21-8-11-29(12-9-21)22-7-4-14-30-22)26-16-19-5-3-6-20(15-19)17-28-13-10-24-18-28;/h3-7,10,13-15,18,21H,2,8-9,11-12,16-17H2,1H3,(H2,25,26,27);1H. The molecule has 0 aliphatic carbocycles. The zero-order valence-corrected chi connectivity index (χ0v) is 21.1. The van der Waals surface area contributed by atoms with Crippen molar-refractivity contribution < 1.29 is 0 Å². The maximum atomic E-state index is 4.85. The molecule has 3 heterocycles. The van der Waals surface area contributed by atoms with Crippen LogP contribution in [0, 0.1) is 0 Å². The summed E-state index contributed by atoms with van der Waals surface area (Å²) in [5, 5.41) is 10.6. The Kier molecular flexibility index (Phi) is 9.20. The summed E-state index contributed by atoms with van der Waals surface area (Å²) < 4.78 is 2.08. The first-order chi connectivity index (χ1) is 14.8. The van der Waals surface area contributed by atoms with Gasteiger partial charge in [-0.3, -0.25) is 0 Å². The minimum absolute atomic E-state index is 0. The normalized spacial score (nSPS) is 14.9. The Hall–Kier alpha value is -2.07. The number of hydrogen-bond acceptors (Lipinski definition) is 4. The molecule has 0 amide bonds. The van der Waals surface area contributed by atoms with Gasteiger partial charge in [0.15, 0.2) is 5.96 Å². The first-order valence-corrected chi connectivity index (χ1v) is 11.5. The van der Waals surface area contributed by atoms with E-state index in [0.717, 1.165) is 45.0 Å². The van der Waals surface area contributed by atoms with Crippen LogP contribution in [-0.2, 0) is 13.1 Å². The Labute approximate surface area is 205 Å². The van der Waals surface area contributed by atoms with Crippen LogP contribution < -0.4 is 15.5 Å². The van der Waals surface area contributed by atoms with E-state index < -0.39 is 0 Å². The predicted molar refractivity (Wildman–Crippen MR) is 141 cm³/mol. The van der Waals surface area contributed by atoms with Gasteiger partial charge in [-0.25, -0.2) is 9.98 Å². The predicted octanol–water partition coefficient (Wildman–Crippen LogP) is 4.34. The van der Waals surface area contributed by atoms with E-state index in [1.165, 1.54) is 16.1 Å². The second kappa shape index (κ2) is 12.1. The largest absolute Gasteiger partial charge is 0.363 e. The number of halogens is 1. The maximum absolute atomic E-state index is 4.85. The van der Waals surface area contributed by atoms with Crippen LogP contribution in [-0.4, -0.2) is 41.2 Å². The number of anilines is 1. The number of piperidine rings is 1. The molecular formula is C23H31IN6S. The highest BCUT2D eigenvalue weighted by atomic mass is 127. The molecule has 31 heavy (non-hydrogen) atoms. The molecule has 6 nitrogen and oxygen atoms in total. The molecule has 0 unspecified atom stereocenters. The monoisotopic (exact) mass is 550 g/mol. The summed E-state index contributed by atoms with van der Waals surface area (Å²) in [6, 6.07) is 13.4. The van der Waals surface area contributed by atoms with Crippen molar-refractivity contribution in [2.75, 3.05) is 24.5 Å². The number of nitrogens with one attached hydrogen (secondary N) is 2. The zero-order valence-electron chi connectivity index (χ0n) is 17.9. The van der Waals surface area contributed by atoms with Gasteiger partial charge < -0.3 is 20.1 Å². The lowest BCUT2D eigenvalue weighted by molar-refractivity contribution is 0.463. The van der Waals surface area contributed by atoms with Gasteiger partial charge in [0.05, 0.1) is 17.9 Å². The summed E-state index contributed by atoms with van der Waals surface area (Å²) in [5.74, 6) is 0.909. The van der Waals surface area contributed by atoms with Gasteiger partial charge >= 0.3 is 0 Å². The number of aromatic nitrogens is 2. The van der Waals surface area contributed by atoms with Crippen molar-refractivity contribution in [2.45, 2.75) is 38.9 Å². The van der Waals surface area contributed by atoms with Gasteiger partial charge in [0.1, 0.15) is 0 Å². The summed E-state index contributed by atoms with van der Waals surface area (Å²) >= 11 is 1.82. The minimum atomic E-state index is 0. The topological polar surface area (TPSA) is 57.5 Å². The van der Waals surface area contributed by atoms with E-state index in [-0.39, 0.29) is 24.0 Å². The van der Waals surface area contributed by atoms with Crippen LogP contribution in [0.2, 0.25) is 0 Å². The van der Waals surface area contributed by atoms with Gasteiger partial charge in [-0.05, 0) is 48.4 Å². The molecule has 3 aromatic rings. The third kappa shape index (κ3) is 6.96. The van der Waals surface area contributed by atoms with Crippen LogP contribution >= 0.6 is 35.3 Å². The number of imidazole rings is 1. The molecule has 2 aromatic heterocycles. The summed E-state index contributed by atoms with van der Waals surface area (Å²) in [6.07, 6.45) is 7.91. The van der Waals surface area contributed by atoms with Gasteiger partial charge in [-0.2, -0.15) is 0 Å². The van der Waals surface area contributed by atoms with Crippen LogP contribution in [0.15, 0.2) is 65.5 Å². The first-order valence-electron chi connectivity index (χ1n) is 10.7. The van der Waals surface area contributed by atoms with E-state index in [4.69, 9.17) is 4.99 Å². The molecule has 1 aliphatic heterocycles. The molecule has 1 aliphatic rings. The number of thiophene rings is 1. The molecule has 166 valence electrons. The van der Waals surface area contributed by atoms with E-state index in [1.807, 2.05) is 30.1 Å². The molecular weight excluding hydrogens is 519 g/mol. The number of aliphatic imine (C=N–C) groups is 1. The van der Waals surface area contributed by atoms with Crippen LogP contribution in [0.25, 0.3) is 0 Å². The number of guanidine groups is 1. The van der Waals surface area contributed by atoms with Crippen LogP contribution in [0.1, 0.15) is 30.9 Å². The lowest BCUT2D eigenvalue weighted by Crippen LogP contribution is -2.48. The van der Waals surface area contributed by atoms with Gasteiger partial charge in [0, 0.05) is 44.6 Å². The van der Waals surface area contributed by atoms with E-state index in [1.54, 1.807) is 0 Å². The fraction of sp³-hybridized carbons (Fsp3) is 0.391. The summed E-state index contributed by atoms with van der Waals surface area (Å²) in [7, 11) is 0. The lowest BCUT2D eigenvalue weighted by Gasteiger charge is -2.33. The number of rotatable bonds is 7. The van der Waals surface area contributed by atoms with Crippen molar-refractivity contribution in [2.24, 2.45) is 4.99 Å². The zero-order chi connectivity index (χ0) is 20.6.